The second-order valence-corrected chi connectivity index (χ2v) is 9.73. The number of hydrogen-bond donors (Lipinski definition) is 3. The van der Waals surface area contributed by atoms with Gasteiger partial charge in [0.1, 0.15) is 17.4 Å². The fourth-order valence-electron chi connectivity index (χ4n) is 4.38. The van der Waals surface area contributed by atoms with Gasteiger partial charge in [-0.2, -0.15) is 0 Å². The second-order valence-electron chi connectivity index (χ2n) is 8.92. The minimum absolute atomic E-state index is 0.0397. The van der Waals surface area contributed by atoms with Gasteiger partial charge >= 0.3 is 5.97 Å². The maximum Gasteiger partial charge on any atom is 0.326 e. The van der Waals surface area contributed by atoms with Gasteiger partial charge in [-0.25, -0.2) is 14.8 Å². The molecule has 37 heavy (non-hydrogen) atoms. The lowest BCUT2D eigenvalue weighted by molar-refractivity contribution is -0.139. The molecule has 0 bridgehead atoms. The van der Waals surface area contributed by atoms with E-state index in [1.807, 2.05) is 6.07 Å². The van der Waals surface area contributed by atoms with Crippen LogP contribution in [0.25, 0.3) is 11.1 Å². The first kappa shape index (κ1) is 25.0. The molecule has 1 atom stereocenters. The van der Waals surface area contributed by atoms with Crippen molar-refractivity contribution in [1.82, 2.24) is 15.3 Å². The SMILES string of the molecule is O=C(N[C@H](Cc1ccc2oc(CCc3ccc4c(n3)NCCC4)nc2c1)C(=O)O)c1c(Cl)cccc1Cl. The van der Waals surface area contributed by atoms with Gasteiger partial charge in [-0.05, 0) is 60.7 Å². The maximum absolute atomic E-state index is 12.7. The first-order chi connectivity index (χ1) is 17.9. The monoisotopic (exact) mass is 538 g/mol. The summed E-state index contributed by atoms with van der Waals surface area (Å²) >= 11 is 12.2. The number of benzene rings is 2. The normalized spacial score (nSPS) is 13.6. The smallest absolute Gasteiger partial charge is 0.326 e. The van der Waals surface area contributed by atoms with Crippen molar-refractivity contribution in [2.24, 2.45) is 0 Å². The summed E-state index contributed by atoms with van der Waals surface area (Å²) in [5.41, 5.74) is 4.17. The summed E-state index contributed by atoms with van der Waals surface area (Å²) in [7, 11) is 0. The van der Waals surface area contributed by atoms with E-state index in [1.165, 1.54) is 17.7 Å². The van der Waals surface area contributed by atoms with Crippen molar-refractivity contribution >= 4 is 52.0 Å². The zero-order valence-corrected chi connectivity index (χ0v) is 21.3. The van der Waals surface area contributed by atoms with Gasteiger partial charge in [0.25, 0.3) is 5.91 Å². The molecule has 3 N–H and O–H groups in total. The Bertz CT molecular complexity index is 1470. The van der Waals surface area contributed by atoms with E-state index in [2.05, 4.69) is 21.7 Å². The molecule has 1 aliphatic heterocycles. The molecule has 2 aromatic heterocycles. The molecule has 0 radical (unpaired) electrons. The predicted octanol–water partition coefficient (Wildman–Crippen LogP) is 5.10. The number of aryl methyl sites for hydroxylation is 3. The number of nitrogens with one attached hydrogen (secondary N) is 2. The lowest BCUT2D eigenvalue weighted by Crippen LogP contribution is -2.42. The number of aromatic nitrogens is 2. The number of rotatable bonds is 8. The van der Waals surface area contributed by atoms with Crippen molar-refractivity contribution in [3.05, 3.63) is 86.9 Å². The van der Waals surface area contributed by atoms with E-state index in [4.69, 9.17) is 32.6 Å². The topological polar surface area (TPSA) is 117 Å². The molecule has 1 aliphatic rings. The number of amides is 1. The first-order valence-electron chi connectivity index (χ1n) is 12.0. The molecule has 0 aliphatic carbocycles. The van der Waals surface area contributed by atoms with Gasteiger partial charge in [-0.3, -0.25) is 4.79 Å². The number of carbonyl (C=O) groups is 2. The predicted molar refractivity (Wildman–Crippen MR) is 142 cm³/mol. The number of hydrogen-bond acceptors (Lipinski definition) is 6. The molecule has 10 heteroatoms. The highest BCUT2D eigenvalue weighted by Crippen LogP contribution is 2.25. The lowest BCUT2D eigenvalue weighted by atomic mass is 10.0. The molecular weight excluding hydrogens is 515 g/mol. The molecule has 0 saturated heterocycles. The summed E-state index contributed by atoms with van der Waals surface area (Å²) < 4.78 is 5.89. The third-order valence-corrected chi connectivity index (χ3v) is 6.91. The first-order valence-corrected chi connectivity index (χ1v) is 12.7. The molecule has 1 amide bonds. The van der Waals surface area contributed by atoms with Crippen LogP contribution in [-0.2, 0) is 30.5 Å². The maximum atomic E-state index is 12.7. The highest BCUT2D eigenvalue weighted by molar-refractivity contribution is 6.39. The number of pyridine rings is 1. The van der Waals surface area contributed by atoms with E-state index in [1.54, 1.807) is 24.3 Å². The Balaban J connectivity index is 1.27. The van der Waals surface area contributed by atoms with Gasteiger partial charge in [0.2, 0.25) is 0 Å². The largest absolute Gasteiger partial charge is 0.480 e. The zero-order chi connectivity index (χ0) is 25.9. The number of carboxylic acid groups (broad SMARTS) is 1. The summed E-state index contributed by atoms with van der Waals surface area (Å²) in [5, 5.41) is 15.9. The van der Waals surface area contributed by atoms with Crippen LogP contribution in [0.1, 0.15) is 39.5 Å². The van der Waals surface area contributed by atoms with Crippen molar-refractivity contribution in [3.8, 4) is 0 Å². The third kappa shape index (κ3) is 5.70. The summed E-state index contributed by atoms with van der Waals surface area (Å²) in [6, 6.07) is 12.9. The number of anilines is 1. The van der Waals surface area contributed by atoms with Crippen LogP contribution >= 0.6 is 23.2 Å². The van der Waals surface area contributed by atoms with Crippen LogP contribution in [0.15, 0.2) is 52.9 Å². The Labute approximate surface area is 223 Å². The Morgan fingerprint density at radius 3 is 2.68 bits per heavy atom. The number of halogens is 2. The summed E-state index contributed by atoms with van der Waals surface area (Å²) in [5.74, 6) is -0.290. The molecule has 4 aromatic rings. The van der Waals surface area contributed by atoms with Gasteiger partial charge in [-0.15, -0.1) is 0 Å². The molecule has 0 spiro atoms. The molecule has 3 heterocycles. The number of nitrogens with zero attached hydrogens (tertiary/aromatic N) is 2. The molecule has 190 valence electrons. The van der Waals surface area contributed by atoms with Crippen LogP contribution in [0.2, 0.25) is 10.0 Å². The van der Waals surface area contributed by atoms with Crippen molar-refractivity contribution in [2.75, 3.05) is 11.9 Å². The van der Waals surface area contributed by atoms with Gasteiger partial charge < -0.3 is 20.2 Å². The van der Waals surface area contributed by atoms with Crippen LogP contribution in [-0.4, -0.2) is 39.5 Å². The zero-order valence-electron chi connectivity index (χ0n) is 19.8. The van der Waals surface area contributed by atoms with Crippen LogP contribution in [0.5, 0.6) is 0 Å². The van der Waals surface area contributed by atoms with E-state index < -0.39 is 17.9 Å². The quantitative estimate of drug-likeness (QED) is 0.285. The molecular formula is C27H24Cl2N4O4. The fourth-order valence-corrected chi connectivity index (χ4v) is 4.95. The van der Waals surface area contributed by atoms with Crippen molar-refractivity contribution < 1.29 is 19.1 Å². The molecule has 0 unspecified atom stereocenters. The Morgan fingerprint density at radius 1 is 1.08 bits per heavy atom. The van der Waals surface area contributed by atoms with Crippen LogP contribution < -0.4 is 10.6 Å². The van der Waals surface area contributed by atoms with Crippen LogP contribution in [0, 0.1) is 0 Å². The summed E-state index contributed by atoms with van der Waals surface area (Å²) in [6.45, 7) is 0.942. The number of fused-ring (bicyclic) bond motifs is 2. The highest BCUT2D eigenvalue weighted by Gasteiger charge is 2.24. The molecule has 5 rings (SSSR count). The van der Waals surface area contributed by atoms with E-state index in [0.717, 1.165) is 30.9 Å². The van der Waals surface area contributed by atoms with Gasteiger partial charge in [0, 0.05) is 25.1 Å². The number of carboxylic acids is 1. The summed E-state index contributed by atoms with van der Waals surface area (Å²) in [4.78, 5) is 33.9. The molecule has 0 saturated carbocycles. The van der Waals surface area contributed by atoms with Crippen molar-refractivity contribution in [2.45, 2.75) is 38.1 Å². The molecule has 0 fully saturated rings. The Hall–Kier alpha value is -3.62. The van der Waals surface area contributed by atoms with Gasteiger partial charge in [0.15, 0.2) is 11.5 Å². The van der Waals surface area contributed by atoms with E-state index in [9.17, 15) is 14.7 Å². The minimum atomic E-state index is -1.19. The Kier molecular flexibility index (Phi) is 7.30. The minimum Gasteiger partial charge on any atom is -0.480 e. The average molecular weight is 539 g/mol. The third-order valence-electron chi connectivity index (χ3n) is 6.28. The van der Waals surface area contributed by atoms with Gasteiger partial charge in [-0.1, -0.05) is 41.4 Å². The number of carbonyl (C=O) groups excluding carboxylic acids is 1. The standard InChI is InChI=1S/C27H24Cl2N4O4/c28-18-4-1-5-19(29)24(18)26(34)33-21(27(35)36)14-15-6-10-22-20(13-15)32-23(37-22)11-9-17-8-7-16-3-2-12-30-25(16)31-17/h1,4-8,10,13,21H,2-3,9,11-12,14H2,(H,30,31)(H,33,34)(H,35,36)/t21-/m1/s1. The highest BCUT2D eigenvalue weighted by atomic mass is 35.5. The van der Waals surface area contributed by atoms with Crippen LogP contribution in [0.4, 0.5) is 5.82 Å². The van der Waals surface area contributed by atoms with Crippen molar-refractivity contribution in [1.29, 1.82) is 0 Å². The van der Waals surface area contributed by atoms with E-state index >= 15 is 0 Å². The van der Waals surface area contributed by atoms with Crippen LogP contribution in [0.3, 0.4) is 0 Å². The summed E-state index contributed by atoms with van der Waals surface area (Å²) in [6.07, 6.45) is 3.49. The second kappa shape index (κ2) is 10.8. The number of aliphatic carboxylic acids is 1. The average Bonchev–Trinajstić information content (AvgIpc) is 3.29. The fraction of sp³-hybridized carbons (Fsp3) is 0.259. The lowest BCUT2D eigenvalue weighted by Gasteiger charge is -2.17. The number of oxazole rings is 1. The van der Waals surface area contributed by atoms with E-state index in [0.29, 0.717) is 35.4 Å². The van der Waals surface area contributed by atoms with E-state index in [-0.39, 0.29) is 22.0 Å². The van der Waals surface area contributed by atoms with Gasteiger partial charge in [0.05, 0.1) is 15.6 Å². The Morgan fingerprint density at radius 2 is 1.89 bits per heavy atom. The van der Waals surface area contributed by atoms with Crippen molar-refractivity contribution in [3.63, 3.8) is 0 Å². The molecule has 2 aromatic carbocycles. The molecule has 8 nitrogen and oxygen atoms in total.